The number of ether oxygens (including phenoxy) is 2. The van der Waals surface area contributed by atoms with Crippen LogP contribution in [0.25, 0.3) is 22.4 Å². The van der Waals surface area contributed by atoms with Gasteiger partial charge in [0.15, 0.2) is 0 Å². The summed E-state index contributed by atoms with van der Waals surface area (Å²) in [6, 6.07) is 11.3. The molecule has 2 aliphatic carbocycles. The maximum absolute atomic E-state index is 13.7. The van der Waals surface area contributed by atoms with Crippen LogP contribution in [0.1, 0.15) is 132 Å². The number of nitrogens with zero attached hydrogens (tertiary/aromatic N) is 4. The molecule has 4 amide bonds. The van der Waals surface area contributed by atoms with Crippen molar-refractivity contribution in [3.63, 3.8) is 0 Å². The van der Waals surface area contributed by atoms with Crippen LogP contribution in [0.4, 0.5) is 9.59 Å². The number of fused-ring (bicyclic) bond motifs is 2. The van der Waals surface area contributed by atoms with Gasteiger partial charge >= 0.3 is 12.2 Å². The zero-order chi connectivity index (χ0) is 44.4. The maximum Gasteiger partial charge on any atom is 0.407 e. The lowest BCUT2D eigenvalue weighted by Gasteiger charge is -2.30. The van der Waals surface area contributed by atoms with Gasteiger partial charge in [-0.25, -0.2) is 19.6 Å². The molecule has 1 saturated carbocycles. The van der Waals surface area contributed by atoms with Crippen LogP contribution in [0.15, 0.2) is 48.8 Å². The summed E-state index contributed by atoms with van der Waals surface area (Å²) in [5.74, 6) is 7.84. The average Bonchev–Trinajstić information content (AvgIpc) is 4.15. The summed E-state index contributed by atoms with van der Waals surface area (Å²) in [5.41, 5.74) is 9.01. The highest BCUT2D eigenvalue weighted by Gasteiger charge is 2.44. The van der Waals surface area contributed by atoms with Gasteiger partial charge in [-0.15, -0.1) is 0 Å². The predicted molar refractivity (Wildman–Crippen MR) is 238 cm³/mol. The molecule has 2 aromatic heterocycles. The van der Waals surface area contributed by atoms with Gasteiger partial charge in [-0.05, 0) is 108 Å². The molecule has 14 heteroatoms. The summed E-state index contributed by atoms with van der Waals surface area (Å²) in [6.45, 7) is 8.83. The van der Waals surface area contributed by atoms with E-state index in [4.69, 9.17) is 14.5 Å². The fourth-order valence-corrected chi connectivity index (χ4v) is 10.5. The number of aromatic nitrogens is 4. The minimum atomic E-state index is -0.695. The Hall–Kier alpha value is -6.10. The number of hydrogen-bond acceptors (Lipinski definition) is 8. The molecule has 2 saturated heterocycles. The van der Waals surface area contributed by atoms with Crippen molar-refractivity contribution in [1.29, 1.82) is 0 Å². The topological polar surface area (TPSA) is 175 Å². The number of aromatic amines is 2. The molecule has 2 aromatic carbocycles. The number of imidazole rings is 2. The Morgan fingerprint density at radius 2 is 1.27 bits per heavy atom. The summed E-state index contributed by atoms with van der Waals surface area (Å²) in [5, 5.41) is 5.44. The largest absolute Gasteiger partial charge is 0.453 e. The van der Waals surface area contributed by atoms with Crippen molar-refractivity contribution >= 4 is 24.0 Å². The highest BCUT2D eigenvalue weighted by molar-refractivity contribution is 5.87. The highest BCUT2D eigenvalue weighted by atomic mass is 16.5. The normalized spacial score (nSPS) is 19.8. The van der Waals surface area contributed by atoms with E-state index in [0.29, 0.717) is 24.6 Å². The van der Waals surface area contributed by atoms with Crippen LogP contribution in [0, 0.1) is 23.7 Å². The van der Waals surface area contributed by atoms with Crippen LogP contribution in [0.3, 0.4) is 0 Å². The molecule has 4 N–H and O–H groups in total. The molecular formula is C49H60N8O6. The van der Waals surface area contributed by atoms with Gasteiger partial charge in [0.1, 0.15) is 29.4 Å². The summed E-state index contributed by atoms with van der Waals surface area (Å²) < 4.78 is 9.58. The molecule has 63 heavy (non-hydrogen) atoms. The van der Waals surface area contributed by atoms with Gasteiger partial charge in [0.2, 0.25) is 11.8 Å². The Morgan fingerprint density at radius 3 is 1.84 bits per heavy atom. The van der Waals surface area contributed by atoms with E-state index in [1.165, 1.54) is 62.2 Å². The Balaban J connectivity index is 1.01. The number of alkyl carbamates (subject to hydrolysis) is 2. The summed E-state index contributed by atoms with van der Waals surface area (Å²) >= 11 is 0. The molecule has 0 radical (unpaired) electrons. The SMILES string of the molecule is COC(=O)N[C@H](C(=O)N1CCC[C@H]1c1ncc(C#Cc2ccc(-c3ccc(-c4cnc([C@@H]5CCCN5C(=O)[C@@H](NC(=O)OC)C(C)C)[nH]4)cc3)c3c2CCC32CCCC2)[nH]1)C(C)C. The standard InChI is InChI=1S/C49H60N8O6/c1-29(2)41(54-47(60)62-5)45(58)56-25-9-11-38(56)43-50-27-34(52-43)19-17-32-18-20-35(40-36(32)21-24-49(40)22-7-8-23-49)31-13-15-33(16-14-31)37-28-51-44(53-37)39-12-10-26-57(39)46(59)42(30(3)4)55-48(61)63-6/h13-16,18,20,27-30,38-39,41-42H,7-12,21-26H2,1-6H3,(H,50,52)(H,51,53)(H,54,60)(H,55,61)/t38-,39-,41-,42-/m0/s1. The first-order chi connectivity index (χ1) is 30.4. The van der Waals surface area contributed by atoms with Crippen molar-refractivity contribution < 1.29 is 28.7 Å². The minimum Gasteiger partial charge on any atom is -0.453 e. The van der Waals surface area contributed by atoms with Gasteiger partial charge in [0.25, 0.3) is 0 Å². The number of likely N-dealkylation sites (tertiary alicyclic amines) is 2. The summed E-state index contributed by atoms with van der Waals surface area (Å²) in [6.07, 6.45) is 12.6. The Labute approximate surface area is 369 Å². The molecule has 4 heterocycles. The first-order valence-corrected chi connectivity index (χ1v) is 22.6. The molecule has 4 aliphatic rings. The maximum atomic E-state index is 13.7. The number of hydrogen-bond donors (Lipinski definition) is 4. The fourth-order valence-electron chi connectivity index (χ4n) is 10.5. The third-order valence-corrected chi connectivity index (χ3v) is 13.8. The van der Waals surface area contributed by atoms with Crippen molar-refractivity contribution in [1.82, 2.24) is 40.4 Å². The van der Waals surface area contributed by atoms with E-state index in [2.05, 4.69) is 73.8 Å². The van der Waals surface area contributed by atoms with Crippen LogP contribution in [0.2, 0.25) is 0 Å². The van der Waals surface area contributed by atoms with Gasteiger partial charge in [-0.2, -0.15) is 0 Å². The van der Waals surface area contributed by atoms with Crippen LogP contribution in [0.5, 0.6) is 0 Å². The lowest BCUT2D eigenvalue weighted by atomic mass is 9.76. The number of rotatable bonds is 10. The Morgan fingerprint density at radius 1 is 0.714 bits per heavy atom. The number of H-pyrrole nitrogens is 2. The highest BCUT2D eigenvalue weighted by Crippen LogP contribution is 2.54. The zero-order valence-electron chi connectivity index (χ0n) is 37.3. The van der Waals surface area contributed by atoms with Crippen molar-refractivity contribution in [3.05, 3.63) is 82.8 Å². The van der Waals surface area contributed by atoms with Crippen molar-refractivity contribution in [3.8, 4) is 34.2 Å². The molecule has 1 spiro atoms. The lowest BCUT2D eigenvalue weighted by molar-refractivity contribution is -0.136. The molecule has 14 nitrogen and oxygen atoms in total. The van der Waals surface area contributed by atoms with Gasteiger partial charge in [0.05, 0.1) is 44.4 Å². The Bertz CT molecular complexity index is 2400. The number of nitrogens with one attached hydrogen (secondary N) is 4. The lowest BCUT2D eigenvalue weighted by Crippen LogP contribution is -2.51. The number of carbonyl (C=O) groups is 4. The molecule has 4 aromatic rings. The van der Waals surface area contributed by atoms with E-state index >= 15 is 0 Å². The van der Waals surface area contributed by atoms with Gasteiger partial charge in [-0.3, -0.25) is 9.59 Å². The molecule has 3 fully saturated rings. The molecule has 8 rings (SSSR count). The zero-order valence-corrected chi connectivity index (χ0v) is 37.3. The Kier molecular flexibility index (Phi) is 12.7. The molecular weight excluding hydrogens is 797 g/mol. The monoisotopic (exact) mass is 856 g/mol. The third-order valence-electron chi connectivity index (χ3n) is 13.8. The van der Waals surface area contributed by atoms with E-state index in [-0.39, 0.29) is 41.1 Å². The van der Waals surface area contributed by atoms with Crippen LogP contribution >= 0.6 is 0 Å². The van der Waals surface area contributed by atoms with E-state index in [9.17, 15) is 19.2 Å². The van der Waals surface area contributed by atoms with E-state index in [0.717, 1.165) is 61.2 Å². The third kappa shape index (κ3) is 8.67. The molecule has 332 valence electrons. The van der Waals surface area contributed by atoms with Gasteiger partial charge < -0.3 is 39.9 Å². The number of amides is 4. The van der Waals surface area contributed by atoms with Gasteiger partial charge in [-0.1, -0.05) is 76.8 Å². The van der Waals surface area contributed by atoms with Crippen molar-refractivity contribution in [2.45, 2.75) is 121 Å². The second-order valence-electron chi connectivity index (χ2n) is 18.3. The second kappa shape index (κ2) is 18.3. The first kappa shape index (κ1) is 43.5. The van der Waals surface area contributed by atoms with Crippen LogP contribution in [-0.4, -0.2) is 93.1 Å². The van der Waals surface area contributed by atoms with Crippen LogP contribution < -0.4 is 10.6 Å². The summed E-state index contributed by atoms with van der Waals surface area (Å²) in [7, 11) is 2.60. The van der Waals surface area contributed by atoms with Gasteiger partial charge in [0, 0.05) is 18.7 Å². The van der Waals surface area contributed by atoms with E-state index in [1.807, 2.05) is 43.7 Å². The van der Waals surface area contributed by atoms with Crippen molar-refractivity contribution in [2.75, 3.05) is 27.3 Å². The second-order valence-corrected chi connectivity index (χ2v) is 18.3. The average molecular weight is 857 g/mol. The fraction of sp³-hybridized carbons (Fsp3) is 0.510. The minimum absolute atomic E-state index is 0.105. The van der Waals surface area contributed by atoms with Crippen molar-refractivity contribution in [2.24, 2.45) is 11.8 Å². The smallest absolute Gasteiger partial charge is 0.407 e. The van der Waals surface area contributed by atoms with E-state index < -0.39 is 24.3 Å². The predicted octanol–water partition coefficient (Wildman–Crippen LogP) is 7.71. The number of carbonyl (C=O) groups excluding carboxylic acids is 4. The number of benzene rings is 2. The quantitative estimate of drug-likeness (QED) is 0.117. The molecule has 0 unspecified atom stereocenters. The van der Waals surface area contributed by atoms with Crippen LogP contribution in [-0.2, 0) is 30.9 Å². The molecule has 2 aliphatic heterocycles. The van der Waals surface area contributed by atoms with E-state index in [1.54, 1.807) is 6.20 Å². The molecule has 4 atom stereocenters. The first-order valence-electron chi connectivity index (χ1n) is 22.6. The summed E-state index contributed by atoms with van der Waals surface area (Å²) in [4.78, 5) is 71.4. The number of methoxy groups -OCH3 is 2. The molecule has 0 bridgehead atoms.